The number of benzene rings is 1. The second-order valence-corrected chi connectivity index (χ2v) is 3.19. The van der Waals surface area contributed by atoms with Crippen LogP contribution in [-0.2, 0) is 4.74 Å². The Hall–Kier alpha value is -1.58. The third-order valence-corrected chi connectivity index (χ3v) is 1.57. The Morgan fingerprint density at radius 3 is 2.64 bits per heavy atom. The highest BCUT2D eigenvalue weighted by Gasteiger charge is 2.10. The number of nitrogen functional groups attached to an aromatic ring is 1. The van der Waals surface area contributed by atoms with E-state index >= 15 is 0 Å². The van der Waals surface area contributed by atoms with Gasteiger partial charge in [-0.2, -0.15) is 0 Å². The molecule has 1 aromatic carbocycles. The van der Waals surface area contributed by atoms with E-state index in [4.69, 9.17) is 10.5 Å². The van der Waals surface area contributed by atoms with Crippen molar-refractivity contribution in [1.82, 2.24) is 0 Å². The largest absolute Gasteiger partial charge is 0.459 e. The van der Waals surface area contributed by atoms with Crippen LogP contribution in [0.15, 0.2) is 18.2 Å². The van der Waals surface area contributed by atoms with Crippen LogP contribution in [0.25, 0.3) is 0 Å². The van der Waals surface area contributed by atoms with Gasteiger partial charge in [0.05, 0.1) is 17.4 Å². The topological polar surface area (TPSA) is 52.3 Å². The number of rotatable bonds is 2. The predicted molar refractivity (Wildman–Crippen MR) is 51.4 cm³/mol. The lowest BCUT2D eigenvalue weighted by atomic mass is 10.2. The van der Waals surface area contributed by atoms with E-state index in [-0.39, 0.29) is 17.4 Å². The number of carbonyl (C=O) groups is 1. The van der Waals surface area contributed by atoms with Crippen molar-refractivity contribution < 1.29 is 13.9 Å². The molecule has 0 aliphatic carbocycles. The minimum absolute atomic E-state index is 0.0526. The van der Waals surface area contributed by atoms with E-state index in [0.29, 0.717) is 0 Å². The number of esters is 1. The van der Waals surface area contributed by atoms with Gasteiger partial charge in [-0.1, -0.05) is 0 Å². The number of ether oxygens (including phenoxy) is 1. The summed E-state index contributed by atoms with van der Waals surface area (Å²) in [5, 5.41) is 0. The molecule has 4 heteroatoms. The lowest BCUT2D eigenvalue weighted by molar-refractivity contribution is 0.0378. The highest BCUT2D eigenvalue weighted by atomic mass is 19.1. The number of anilines is 1. The summed E-state index contributed by atoms with van der Waals surface area (Å²) in [6.45, 7) is 3.48. The zero-order chi connectivity index (χ0) is 10.7. The van der Waals surface area contributed by atoms with E-state index in [1.807, 2.05) is 0 Å². The zero-order valence-corrected chi connectivity index (χ0v) is 8.08. The number of hydrogen-bond donors (Lipinski definition) is 1. The number of hydrogen-bond acceptors (Lipinski definition) is 3. The smallest absolute Gasteiger partial charge is 0.338 e. The summed E-state index contributed by atoms with van der Waals surface area (Å²) in [5.41, 5.74) is 5.52. The fraction of sp³-hybridized carbons (Fsp3) is 0.300. The first-order valence-corrected chi connectivity index (χ1v) is 4.26. The molecule has 0 amide bonds. The first kappa shape index (κ1) is 10.5. The van der Waals surface area contributed by atoms with Gasteiger partial charge >= 0.3 is 5.97 Å². The van der Waals surface area contributed by atoms with Gasteiger partial charge in [-0.25, -0.2) is 9.18 Å². The van der Waals surface area contributed by atoms with Gasteiger partial charge in [0.1, 0.15) is 5.82 Å². The molecule has 1 rings (SSSR count). The van der Waals surface area contributed by atoms with Crippen LogP contribution < -0.4 is 5.73 Å². The lowest BCUT2D eigenvalue weighted by Crippen LogP contribution is -2.12. The molecule has 0 atom stereocenters. The van der Waals surface area contributed by atoms with Crippen LogP contribution in [0.2, 0.25) is 0 Å². The molecule has 76 valence electrons. The van der Waals surface area contributed by atoms with Gasteiger partial charge in [0, 0.05) is 0 Å². The van der Waals surface area contributed by atoms with Gasteiger partial charge in [-0.3, -0.25) is 0 Å². The minimum Gasteiger partial charge on any atom is -0.459 e. The van der Waals surface area contributed by atoms with Gasteiger partial charge in [-0.05, 0) is 32.0 Å². The molecule has 0 heterocycles. The van der Waals surface area contributed by atoms with Crippen molar-refractivity contribution in [1.29, 1.82) is 0 Å². The number of nitrogens with two attached hydrogens (primary N) is 1. The Morgan fingerprint density at radius 2 is 2.14 bits per heavy atom. The monoisotopic (exact) mass is 197 g/mol. The van der Waals surface area contributed by atoms with E-state index in [2.05, 4.69) is 0 Å². The second-order valence-electron chi connectivity index (χ2n) is 3.19. The summed E-state index contributed by atoms with van der Waals surface area (Å²) < 4.78 is 17.7. The van der Waals surface area contributed by atoms with E-state index in [9.17, 15) is 9.18 Å². The number of carbonyl (C=O) groups excluding carboxylic acids is 1. The van der Waals surface area contributed by atoms with Gasteiger partial charge in [0.25, 0.3) is 0 Å². The molecule has 3 nitrogen and oxygen atoms in total. The normalized spacial score (nSPS) is 10.3. The fourth-order valence-electron chi connectivity index (χ4n) is 0.953. The maximum atomic E-state index is 12.7. The zero-order valence-electron chi connectivity index (χ0n) is 8.08. The summed E-state index contributed by atoms with van der Waals surface area (Å²) in [6, 6.07) is 3.75. The molecule has 0 bridgehead atoms. The van der Waals surface area contributed by atoms with Crippen LogP contribution in [0.5, 0.6) is 0 Å². The van der Waals surface area contributed by atoms with Crippen LogP contribution in [-0.4, -0.2) is 12.1 Å². The van der Waals surface area contributed by atoms with Crippen LogP contribution in [0.3, 0.4) is 0 Å². The van der Waals surface area contributed by atoms with Crippen LogP contribution in [0.4, 0.5) is 10.1 Å². The standard InChI is InChI=1S/C10H12FNO2/c1-6(2)14-10(13)7-3-4-8(11)9(12)5-7/h3-6H,12H2,1-2H3. The molecular weight excluding hydrogens is 185 g/mol. The van der Waals surface area contributed by atoms with E-state index < -0.39 is 11.8 Å². The summed E-state index contributed by atoms with van der Waals surface area (Å²) >= 11 is 0. The summed E-state index contributed by atoms with van der Waals surface area (Å²) in [4.78, 5) is 11.3. The maximum absolute atomic E-state index is 12.7. The molecule has 14 heavy (non-hydrogen) atoms. The quantitative estimate of drug-likeness (QED) is 0.582. The molecule has 1 aromatic rings. The van der Waals surface area contributed by atoms with Gasteiger partial charge < -0.3 is 10.5 Å². The SMILES string of the molecule is CC(C)OC(=O)c1ccc(F)c(N)c1. The molecule has 0 aromatic heterocycles. The van der Waals surface area contributed by atoms with Crippen molar-refractivity contribution in [3.63, 3.8) is 0 Å². The average Bonchev–Trinajstić information content (AvgIpc) is 2.08. The molecule has 0 radical (unpaired) electrons. The fourth-order valence-corrected chi connectivity index (χ4v) is 0.953. The summed E-state index contributed by atoms with van der Waals surface area (Å²) in [7, 11) is 0. The third-order valence-electron chi connectivity index (χ3n) is 1.57. The molecule has 0 aliphatic rings. The van der Waals surface area contributed by atoms with Crippen molar-refractivity contribution in [3.05, 3.63) is 29.6 Å². The van der Waals surface area contributed by atoms with E-state index in [1.165, 1.54) is 12.1 Å². The Kier molecular flexibility index (Phi) is 3.06. The molecule has 2 N–H and O–H groups in total. The first-order chi connectivity index (χ1) is 6.50. The lowest BCUT2D eigenvalue weighted by Gasteiger charge is -2.08. The molecule has 0 fully saturated rings. The van der Waals surface area contributed by atoms with Crippen molar-refractivity contribution >= 4 is 11.7 Å². The molecular formula is C10H12FNO2. The Morgan fingerprint density at radius 1 is 1.50 bits per heavy atom. The Balaban J connectivity index is 2.86. The van der Waals surface area contributed by atoms with Gasteiger partial charge in [-0.15, -0.1) is 0 Å². The summed E-state index contributed by atoms with van der Waals surface area (Å²) in [5.74, 6) is -1.03. The van der Waals surface area contributed by atoms with Gasteiger partial charge in [0.15, 0.2) is 0 Å². The third kappa shape index (κ3) is 2.45. The van der Waals surface area contributed by atoms with Gasteiger partial charge in [0.2, 0.25) is 0 Å². The second kappa shape index (κ2) is 4.09. The van der Waals surface area contributed by atoms with Crippen molar-refractivity contribution in [3.8, 4) is 0 Å². The maximum Gasteiger partial charge on any atom is 0.338 e. The molecule has 0 spiro atoms. The minimum atomic E-state index is -0.536. The Labute approximate surface area is 81.7 Å². The van der Waals surface area contributed by atoms with Crippen LogP contribution >= 0.6 is 0 Å². The van der Waals surface area contributed by atoms with E-state index in [1.54, 1.807) is 13.8 Å². The average molecular weight is 197 g/mol. The molecule has 0 saturated heterocycles. The molecule has 0 aliphatic heterocycles. The molecule has 0 unspecified atom stereocenters. The highest BCUT2D eigenvalue weighted by molar-refractivity contribution is 5.90. The van der Waals surface area contributed by atoms with Crippen molar-refractivity contribution in [2.24, 2.45) is 0 Å². The van der Waals surface area contributed by atoms with Crippen molar-refractivity contribution in [2.75, 3.05) is 5.73 Å². The molecule has 0 saturated carbocycles. The first-order valence-electron chi connectivity index (χ1n) is 4.26. The summed E-state index contributed by atoms with van der Waals surface area (Å²) in [6.07, 6.45) is -0.200. The van der Waals surface area contributed by atoms with Crippen molar-refractivity contribution in [2.45, 2.75) is 20.0 Å². The van der Waals surface area contributed by atoms with Crippen LogP contribution in [0.1, 0.15) is 24.2 Å². The number of halogens is 1. The van der Waals surface area contributed by atoms with E-state index in [0.717, 1.165) is 6.07 Å². The predicted octanol–water partition coefficient (Wildman–Crippen LogP) is 1.97. The highest BCUT2D eigenvalue weighted by Crippen LogP contribution is 2.13. The Bertz CT molecular complexity index is 350. The van der Waals surface area contributed by atoms with Crippen LogP contribution in [0, 0.1) is 5.82 Å².